The number of H-pyrrole nitrogens is 1. The van der Waals surface area contributed by atoms with Crippen LogP contribution in [0.1, 0.15) is 22.5 Å². The monoisotopic (exact) mass is 287 g/mol. The number of fused-ring (bicyclic) bond motifs is 2. The third kappa shape index (κ3) is 2.02. The fourth-order valence-corrected chi connectivity index (χ4v) is 3.13. The van der Waals surface area contributed by atoms with Crippen LogP contribution < -0.4 is 5.32 Å². The number of aromatic nitrogens is 2. The van der Waals surface area contributed by atoms with Gasteiger partial charge in [-0.15, -0.1) is 0 Å². The van der Waals surface area contributed by atoms with Gasteiger partial charge in [0.05, 0.1) is 37.1 Å². The standard InChI is InChI=1S/C15H17N3O3/c1-20-14(19)9-2-3-12-11(4-9)13(18-17-12)6-16-15-5-10(15)7-21-8-15/h2-4,10,16H,5-8H2,1H3,(H,17,18)/t10-,15-/m0/s1. The minimum absolute atomic E-state index is 0.164. The van der Waals surface area contributed by atoms with E-state index in [0.717, 1.165) is 29.8 Å². The lowest BCUT2D eigenvalue weighted by Gasteiger charge is -2.12. The smallest absolute Gasteiger partial charge is 0.337 e. The molecule has 6 nitrogen and oxygen atoms in total. The Morgan fingerprint density at radius 1 is 1.62 bits per heavy atom. The molecule has 1 aliphatic heterocycles. The highest BCUT2D eigenvalue weighted by molar-refractivity contribution is 5.95. The fraction of sp³-hybridized carbons (Fsp3) is 0.467. The van der Waals surface area contributed by atoms with Gasteiger partial charge in [0.1, 0.15) is 0 Å². The molecule has 21 heavy (non-hydrogen) atoms. The van der Waals surface area contributed by atoms with Crippen molar-refractivity contribution >= 4 is 16.9 Å². The topological polar surface area (TPSA) is 76.2 Å². The van der Waals surface area contributed by atoms with Gasteiger partial charge in [-0.3, -0.25) is 5.10 Å². The minimum Gasteiger partial charge on any atom is -0.465 e. The maximum absolute atomic E-state index is 11.6. The average molecular weight is 287 g/mol. The van der Waals surface area contributed by atoms with Crippen LogP contribution in [0.2, 0.25) is 0 Å². The first-order chi connectivity index (χ1) is 10.2. The van der Waals surface area contributed by atoms with E-state index in [1.807, 2.05) is 12.1 Å². The van der Waals surface area contributed by atoms with Gasteiger partial charge in [0.15, 0.2) is 0 Å². The molecule has 0 spiro atoms. The van der Waals surface area contributed by atoms with Crippen LogP contribution in [-0.4, -0.2) is 42.0 Å². The Balaban J connectivity index is 1.58. The average Bonchev–Trinajstić information content (AvgIpc) is 2.86. The minimum atomic E-state index is -0.331. The Morgan fingerprint density at radius 3 is 3.24 bits per heavy atom. The summed E-state index contributed by atoms with van der Waals surface area (Å²) in [5.41, 5.74) is 2.55. The van der Waals surface area contributed by atoms with Crippen molar-refractivity contribution in [1.29, 1.82) is 0 Å². The summed E-state index contributed by atoms with van der Waals surface area (Å²) in [5, 5.41) is 11.9. The second-order valence-corrected chi connectivity index (χ2v) is 5.85. The molecule has 1 aromatic carbocycles. The molecule has 2 aliphatic rings. The van der Waals surface area contributed by atoms with Gasteiger partial charge in [0.25, 0.3) is 0 Å². The van der Waals surface area contributed by atoms with Crippen molar-refractivity contribution in [2.24, 2.45) is 5.92 Å². The van der Waals surface area contributed by atoms with E-state index < -0.39 is 0 Å². The SMILES string of the molecule is COC(=O)c1ccc2n[nH]c(CN[C@@]34COC[C@@H]3C4)c2c1. The highest BCUT2D eigenvalue weighted by atomic mass is 16.5. The number of nitrogens with one attached hydrogen (secondary N) is 2. The van der Waals surface area contributed by atoms with Crippen LogP contribution in [0.4, 0.5) is 0 Å². The number of ether oxygens (including phenoxy) is 2. The summed E-state index contributed by atoms with van der Waals surface area (Å²) in [7, 11) is 1.39. The van der Waals surface area contributed by atoms with Crippen molar-refractivity contribution in [1.82, 2.24) is 15.5 Å². The van der Waals surface area contributed by atoms with Crippen molar-refractivity contribution in [3.05, 3.63) is 29.5 Å². The van der Waals surface area contributed by atoms with E-state index in [1.54, 1.807) is 6.07 Å². The van der Waals surface area contributed by atoms with E-state index in [4.69, 9.17) is 9.47 Å². The van der Waals surface area contributed by atoms with E-state index >= 15 is 0 Å². The van der Waals surface area contributed by atoms with Crippen LogP contribution in [0.3, 0.4) is 0 Å². The second kappa shape index (κ2) is 4.54. The van der Waals surface area contributed by atoms with Gasteiger partial charge in [-0.05, 0) is 24.6 Å². The zero-order valence-electron chi connectivity index (χ0n) is 11.8. The largest absolute Gasteiger partial charge is 0.465 e. The molecule has 0 amide bonds. The van der Waals surface area contributed by atoms with E-state index in [9.17, 15) is 4.79 Å². The van der Waals surface area contributed by atoms with Crippen LogP contribution in [0.25, 0.3) is 10.9 Å². The summed E-state index contributed by atoms with van der Waals surface area (Å²) in [4.78, 5) is 11.6. The molecule has 1 aliphatic carbocycles. The van der Waals surface area contributed by atoms with Crippen molar-refractivity contribution < 1.29 is 14.3 Å². The summed E-state index contributed by atoms with van der Waals surface area (Å²) >= 11 is 0. The zero-order chi connectivity index (χ0) is 14.4. The van der Waals surface area contributed by atoms with Crippen molar-refractivity contribution in [2.75, 3.05) is 20.3 Å². The van der Waals surface area contributed by atoms with Crippen LogP contribution in [0.5, 0.6) is 0 Å². The van der Waals surface area contributed by atoms with E-state index in [-0.39, 0.29) is 11.5 Å². The molecule has 1 saturated heterocycles. The van der Waals surface area contributed by atoms with Gasteiger partial charge >= 0.3 is 5.97 Å². The first kappa shape index (κ1) is 12.8. The number of benzene rings is 1. The lowest BCUT2D eigenvalue weighted by molar-refractivity contribution is 0.0601. The highest BCUT2D eigenvalue weighted by Gasteiger charge is 2.57. The molecule has 0 radical (unpaired) electrons. The van der Waals surface area contributed by atoms with Crippen LogP contribution in [0.15, 0.2) is 18.2 Å². The number of aromatic amines is 1. The summed E-state index contributed by atoms with van der Waals surface area (Å²) in [6.07, 6.45) is 1.19. The number of methoxy groups -OCH3 is 1. The van der Waals surface area contributed by atoms with Crippen LogP contribution >= 0.6 is 0 Å². The molecule has 2 heterocycles. The lowest BCUT2D eigenvalue weighted by Crippen LogP contribution is -2.34. The van der Waals surface area contributed by atoms with E-state index in [0.29, 0.717) is 18.0 Å². The molecule has 2 fully saturated rings. The first-order valence-electron chi connectivity index (χ1n) is 7.10. The first-order valence-corrected chi connectivity index (χ1v) is 7.10. The molecule has 1 aromatic heterocycles. The molecule has 2 N–H and O–H groups in total. The molecule has 110 valence electrons. The van der Waals surface area contributed by atoms with Gasteiger partial charge in [-0.25, -0.2) is 4.79 Å². The Hall–Kier alpha value is -1.92. The number of nitrogens with zero attached hydrogens (tertiary/aromatic N) is 1. The number of esters is 1. The van der Waals surface area contributed by atoms with Crippen LogP contribution in [0, 0.1) is 5.92 Å². The molecule has 0 bridgehead atoms. The number of carbonyl (C=O) groups excluding carboxylic acids is 1. The van der Waals surface area contributed by atoms with Gasteiger partial charge in [-0.1, -0.05) is 0 Å². The van der Waals surface area contributed by atoms with Crippen molar-refractivity contribution in [3.8, 4) is 0 Å². The molecule has 2 atom stereocenters. The van der Waals surface area contributed by atoms with Gasteiger partial charge in [0.2, 0.25) is 0 Å². The maximum Gasteiger partial charge on any atom is 0.337 e. The molecule has 2 aromatic rings. The second-order valence-electron chi connectivity index (χ2n) is 5.85. The summed E-state index contributed by atoms with van der Waals surface area (Å²) in [6.45, 7) is 2.35. The molecular formula is C15H17N3O3. The molecule has 4 rings (SSSR count). The number of hydrogen-bond acceptors (Lipinski definition) is 5. The Kier molecular flexibility index (Phi) is 2.77. The number of carbonyl (C=O) groups is 1. The van der Waals surface area contributed by atoms with Crippen molar-refractivity contribution in [2.45, 2.75) is 18.5 Å². The summed E-state index contributed by atoms with van der Waals surface area (Å²) < 4.78 is 10.2. The summed E-state index contributed by atoms with van der Waals surface area (Å²) in [5.74, 6) is 0.319. The highest BCUT2D eigenvalue weighted by Crippen LogP contribution is 2.48. The normalized spacial score (nSPS) is 26.8. The molecule has 0 unspecified atom stereocenters. The Labute approximate surface area is 121 Å². The fourth-order valence-electron chi connectivity index (χ4n) is 3.13. The van der Waals surface area contributed by atoms with Gasteiger partial charge in [-0.2, -0.15) is 5.10 Å². The Morgan fingerprint density at radius 2 is 2.52 bits per heavy atom. The molecule has 1 saturated carbocycles. The van der Waals surface area contributed by atoms with E-state index in [2.05, 4.69) is 15.5 Å². The zero-order valence-corrected chi connectivity index (χ0v) is 11.8. The quantitative estimate of drug-likeness (QED) is 0.827. The third-order valence-electron chi connectivity index (χ3n) is 4.58. The lowest BCUT2D eigenvalue weighted by atomic mass is 10.1. The van der Waals surface area contributed by atoms with Gasteiger partial charge in [0, 0.05) is 23.4 Å². The van der Waals surface area contributed by atoms with Gasteiger partial charge < -0.3 is 14.8 Å². The molecular weight excluding hydrogens is 270 g/mol. The predicted octanol–water partition coefficient (Wildman–Crippen LogP) is 1.23. The van der Waals surface area contributed by atoms with E-state index in [1.165, 1.54) is 13.5 Å². The number of rotatable bonds is 4. The van der Waals surface area contributed by atoms with Crippen LogP contribution in [-0.2, 0) is 16.0 Å². The summed E-state index contributed by atoms with van der Waals surface area (Å²) in [6, 6.07) is 5.39. The maximum atomic E-state index is 11.6. The third-order valence-corrected chi connectivity index (χ3v) is 4.58. The number of hydrogen-bond donors (Lipinski definition) is 2. The predicted molar refractivity (Wildman–Crippen MR) is 75.9 cm³/mol. The van der Waals surface area contributed by atoms with Crippen molar-refractivity contribution in [3.63, 3.8) is 0 Å². The Bertz CT molecular complexity index is 711. The molecule has 6 heteroatoms.